The van der Waals surface area contributed by atoms with E-state index in [4.69, 9.17) is 5.11 Å². The van der Waals surface area contributed by atoms with Crippen LogP contribution in [0, 0.1) is 0 Å². The van der Waals surface area contributed by atoms with Gasteiger partial charge in [0.2, 0.25) is 5.91 Å². The summed E-state index contributed by atoms with van der Waals surface area (Å²) in [5, 5.41) is 13.4. The number of fused-ring (bicyclic) bond motifs is 1. The number of anilines is 1. The summed E-state index contributed by atoms with van der Waals surface area (Å²) < 4.78 is 1.79. The van der Waals surface area contributed by atoms with E-state index in [1.165, 1.54) is 11.3 Å². The molecule has 0 radical (unpaired) electrons. The van der Waals surface area contributed by atoms with Crippen molar-refractivity contribution in [2.75, 3.05) is 5.32 Å². The van der Waals surface area contributed by atoms with Gasteiger partial charge in [-0.25, -0.2) is 4.98 Å². The molecular weight excluding hydrogens is 302 g/mol. The number of rotatable bonds is 5. The highest BCUT2D eigenvalue weighted by Gasteiger charge is 2.17. The first-order valence-corrected chi connectivity index (χ1v) is 7.56. The van der Waals surface area contributed by atoms with E-state index < -0.39 is 5.97 Å². The molecule has 0 fully saturated rings. The van der Waals surface area contributed by atoms with Gasteiger partial charge in [0.15, 0.2) is 0 Å². The molecule has 1 amide bonds. The zero-order valence-electron chi connectivity index (χ0n) is 11.5. The molecule has 3 aromatic rings. The van der Waals surface area contributed by atoms with Crippen LogP contribution in [0.2, 0.25) is 0 Å². The van der Waals surface area contributed by atoms with Crippen molar-refractivity contribution in [3.63, 3.8) is 0 Å². The van der Waals surface area contributed by atoms with E-state index in [-0.39, 0.29) is 18.7 Å². The summed E-state index contributed by atoms with van der Waals surface area (Å²) in [5.74, 6) is -0.772. The van der Waals surface area contributed by atoms with Crippen molar-refractivity contribution in [3.05, 3.63) is 41.9 Å². The van der Waals surface area contributed by atoms with Gasteiger partial charge in [0.05, 0.1) is 11.3 Å². The molecule has 22 heavy (non-hydrogen) atoms. The largest absolute Gasteiger partial charge is 0.481 e. The van der Waals surface area contributed by atoms with Gasteiger partial charge in [0, 0.05) is 12.6 Å². The molecule has 0 aliphatic rings. The van der Waals surface area contributed by atoms with Gasteiger partial charge in [0.25, 0.3) is 0 Å². The fraction of sp³-hybridized carbons (Fsp3) is 0.133. The Morgan fingerprint density at radius 1 is 1.23 bits per heavy atom. The Kier molecular flexibility index (Phi) is 3.88. The lowest BCUT2D eigenvalue weighted by molar-refractivity contribution is -0.138. The van der Waals surface area contributed by atoms with Crippen LogP contribution in [0.25, 0.3) is 16.2 Å². The van der Waals surface area contributed by atoms with Gasteiger partial charge in [-0.3, -0.25) is 14.0 Å². The molecule has 3 aromatic heterocycles. The van der Waals surface area contributed by atoms with Crippen LogP contribution in [-0.2, 0) is 9.59 Å². The first kappa shape index (κ1) is 14.3. The van der Waals surface area contributed by atoms with Crippen molar-refractivity contribution in [1.82, 2.24) is 9.38 Å². The summed E-state index contributed by atoms with van der Waals surface area (Å²) in [7, 11) is 0. The van der Waals surface area contributed by atoms with Gasteiger partial charge in [-0.05, 0) is 23.6 Å². The number of carbonyl (C=O) groups excluding carboxylic acids is 1. The predicted octanol–water partition coefficient (Wildman–Crippen LogP) is 2.87. The van der Waals surface area contributed by atoms with Crippen LogP contribution in [0.1, 0.15) is 12.8 Å². The minimum Gasteiger partial charge on any atom is -0.481 e. The first-order chi connectivity index (χ1) is 10.6. The zero-order valence-corrected chi connectivity index (χ0v) is 12.3. The second-order valence-corrected chi connectivity index (χ2v) is 5.60. The number of hydrogen-bond acceptors (Lipinski definition) is 4. The van der Waals surface area contributed by atoms with Crippen LogP contribution in [0.4, 0.5) is 5.82 Å². The maximum absolute atomic E-state index is 12.0. The van der Waals surface area contributed by atoms with E-state index in [1.54, 1.807) is 4.40 Å². The third kappa shape index (κ3) is 2.84. The Bertz CT molecular complexity index is 824. The molecule has 0 saturated heterocycles. The van der Waals surface area contributed by atoms with Crippen molar-refractivity contribution in [2.24, 2.45) is 0 Å². The lowest BCUT2D eigenvalue weighted by Crippen LogP contribution is -2.15. The van der Waals surface area contributed by atoms with Gasteiger partial charge in [-0.15, -0.1) is 11.3 Å². The van der Waals surface area contributed by atoms with Gasteiger partial charge in [-0.1, -0.05) is 12.1 Å². The Labute approximate surface area is 130 Å². The van der Waals surface area contributed by atoms with Crippen LogP contribution in [0.15, 0.2) is 41.9 Å². The number of carbonyl (C=O) groups is 2. The van der Waals surface area contributed by atoms with Crippen molar-refractivity contribution in [1.29, 1.82) is 0 Å². The van der Waals surface area contributed by atoms with E-state index >= 15 is 0 Å². The SMILES string of the molecule is O=C(O)CCC(=O)Nc1c(-c2cccs2)nc2ccccn12. The molecule has 0 unspecified atom stereocenters. The molecule has 6 nitrogen and oxygen atoms in total. The Morgan fingerprint density at radius 2 is 2.09 bits per heavy atom. The lowest BCUT2D eigenvalue weighted by atomic mass is 10.3. The number of imidazole rings is 1. The minimum atomic E-state index is -0.994. The standard InChI is InChI=1S/C15H13N3O3S/c19-12(6-7-13(20)21)17-15-14(10-4-3-9-22-10)16-11-5-1-2-8-18(11)15/h1-5,8-9H,6-7H2,(H,17,19)(H,20,21). The summed E-state index contributed by atoms with van der Waals surface area (Å²) in [6.07, 6.45) is 1.54. The van der Waals surface area contributed by atoms with Gasteiger partial charge in [-0.2, -0.15) is 0 Å². The number of thiophene rings is 1. The quantitative estimate of drug-likeness (QED) is 0.758. The molecule has 0 bridgehead atoms. The van der Waals surface area contributed by atoms with Crippen molar-refractivity contribution < 1.29 is 14.7 Å². The molecule has 3 rings (SSSR count). The van der Waals surface area contributed by atoms with Crippen LogP contribution < -0.4 is 5.32 Å². The molecule has 0 saturated carbocycles. The highest BCUT2D eigenvalue weighted by molar-refractivity contribution is 7.13. The molecule has 7 heteroatoms. The number of aromatic nitrogens is 2. The second-order valence-electron chi connectivity index (χ2n) is 4.66. The summed E-state index contributed by atoms with van der Waals surface area (Å²) in [4.78, 5) is 28.0. The van der Waals surface area contributed by atoms with Crippen LogP contribution in [0.5, 0.6) is 0 Å². The zero-order chi connectivity index (χ0) is 15.5. The number of hydrogen-bond donors (Lipinski definition) is 2. The Hall–Kier alpha value is -2.67. The third-order valence-electron chi connectivity index (χ3n) is 3.11. The molecule has 2 N–H and O–H groups in total. The third-order valence-corrected chi connectivity index (χ3v) is 3.98. The predicted molar refractivity (Wildman–Crippen MR) is 84.0 cm³/mol. The molecule has 0 aliphatic heterocycles. The van der Waals surface area contributed by atoms with Crippen molar-refractivity contribution in [2.45, 2.75) is 12.8 Å². The Balaban J connectivity index is 1.97. The minimum absolute atomic E-state index is 0.0702. The normalized spacial score (nSPS) is 10.7. The van der Waals surface area contributed by atoms with Crippen LogP contribution >= 0.6 is 11.3 Å². The maximum Gasteiger partial charge on any atom is 0.303 e. The van der Waals surface area contributed by atoms with Crippen molar-refractivity contribution in [3.8, 4) is 10.6 Å². The van der Waals surface area contributed by atoms with E-state index in [2.05, 4.69) is 10.3 Å². The topological polar surface area (TPSA) is 83.7 Å². The molecule has 112 valence electrons. The average Bonchev–Trinajstić information content (AvgIpc) is 3.13. The average molecular weight is 315 g/mol. The summed E-state index contributed by atoms with van der Waals surface area (Å²) in [6.45, 7) is 0. The monoisotopic (exact) mass is 315 g/mol. The number of aliphatic carboxylic acids is 1. The highest BCUT2D eigenvalue weighted by Crippen LogP contribution is 2.31. The summed E-state index contributed by atoms with van der Waals surface area (Å²) in [6, 6.07) is 9.42. The Morgan fingerprint density at radius 3 is 2.82 bits per heavy atom. The van der Waals surface area contributed by atoms with Gasteiger partial charge < -0.3 is 10.4 Å². The van der Waals surface area contributed by atoms with Gasteiger partial charge >= 0.3 is 5.97 Å². The molecule has 0 aromatic carbocycles. The second kappa shape index (κ2) is 5.98. The number of nitrogens with zero attached hydrogens (tertiary/aromatic N) is 2. The van der Waals surface area contributed by atoms with Crippen LogP contribution in [-0.4, -0.2) is 26.4 Å². The fourth-order valence-electron chi connectivity index (χ4n) is 2.12. The first-order valence-electron chi connectivity index (χ1n) is 6.68. The number of amides is 1. The number of nitrogens with one attached hydrogen (secondary N) is 1. The number of carboxylic acid groups (broad SMARTS) is 1. The van der Waals surface area contributed by atoms with E-state index in [0.29, 0.717) is 11.5 Å². The fourth-order valence-corrected chi connectivity index (χ4v) is 2.83. The molecule has 0 aliphatic carbocycles. The van der Waals surface area contributed by atoms with E-state index in [9.17, 15) is 9.59 Å². The van der Waals surface area contributed by atoms with Crippen molar-refractivity contribution >= 4 is 34.7 Å². The lowest BCUT2D eigenvalue weighted by Gasteiger charge is -2.06. The summed E-state index contributed by atoms with van der Waals surface area (Å²) in [5.41, 5.74) is 1.41. The highest BCUT2D eigenvalue weighted by atomic mass is 32.1. The molecule has 0 atom stereocenters. The smallest absolute Gasteiger partial charge is 0.303 e. The molecule has 3 heterocycles. The van der Waals surface area contributed by atoms with E-state index in [0.717, 1.165) is 10.5 Å². The summed E-state index contributed by atoms with van der Waals surface area (Å²) >= 11 is 1.53. The number of pyridine rings is 1. The number of carboxylic acids is 1. The molecule has 0 spiro atoms. The van der Waals surface area contributed by atoms with E-state index in [1.807, 2.05) is 41.9 Å². The molecular formula is C15H13N3O3S. The maximum atomic E-state index is 12.0. The van der Waals surface area contributed by atoms with Crippen LogP contribution in [0.3, 0.4) is 0 Å². The van der Waals surface area contributed by atoms with Gasteiger partial charge in [0.1, 0.15) is 17.2 Å².